The standard InChI is InChI=1S/C27H24F3N7O2/c1-2-22(38)36-9-3-4-18(13-36)37-26-23(25(31)33-14-34-26)24(35-37)15-5-7-20(29)16(10-15)12-32-27(39)19-11-17(28)6-8-21(19)30/h2,5-8,10-11,14,18H,1,3-4,9,12-13H2,(H,32,39)(H2,31,33,34). The first-order chi connectivity index (χ1) is 18.8. The lowest BCUT2D eigenvalue weighted by Gasteiger charge is -2.32. The molecular weight excluding hydrogens is 511 g/mol. The number of nitrogens with one attached hydrogen (secondary N) is 1. The minimum absolute atomic E-state index is 0.0937. The van der Waals surface area contributed by atoms with E-state index < -0.39 is 28.9 Å². The van der Waals surface area contributed by atoms with E-state index in [1.165, 1.54) is 30.6 Å². The molecule has 3 N–H and O–H groups in total. The molecule has 0 radical (unpaired) electrons. The van der Waals surface area contributed by atoms with Crippen LogP contribution in [-0.2, 0) is 11.3 Å². The largest absolute Gasteiger partial charge is 0.383 e. The second-order valence-electron chi connectivity index (χ2n) is 9.15. The number of nitrogens with two attached hydrogens (primary N) is 1. The van der Waals surface area contributed by atoms with Crippen molar-refractivity contribution < 1.29 is 22.8 Å². The van der Waals surface area contributed by atoms with E-state index >= 15 is 0 Å². The second kappa shape index (κ2) is 10.6. The topological polar surface area (TPSA) is 119 Å². The summed E-state index contributed by atoms with van der Waals surface area (Å²) in [7, 11) is 0. The number of anilines is 1. The zero-order chi connectivity index (χ0) is 27.7. The van der Waals surface area contributed by atoms with Gasteiger partial charge in [-0.3, -0.25) is 9.59 Å². The quantitative estimate of drug-likeness (QED) is 0.363. The van der Waals surface area contributed by atoms with Crippen LogP contribution in [0.2, 0.25) is 0 Å². The van der Waals surface area contributed by atoms with Gasteiger partial charge in [-0.15, -0.1) is 0 Å². The highest BCUT2D eigenvalue weighted by molar-refractivity contribution is 5.98. The summed E-state index contributed by atoms with van der Waals surface area (Å²) in [6.45, 7) is 4.28. The number of carbonyl (C=O) groups is 2. The molecule has 2 amide bonds. The third-order valence-corrected chi connectivity index (χ3v) is 6.68. The molecule has 1 fully saturated rings. The number of likely N-dealkylation sites (tertiary alicyclic amines) is 1. The number of halogens is 3. The number of benzene rings is 2. The van der Waals surface area contributed by atoms with Crippen molar-refractivity contribution in [2.75, 3.05) is 18.8 Å². The van der Waals surface area contributed by atoms with E-state index in [4.69, 9.17) is 10.8 Å². The van der Waals surface area contributed by atoms with Gasteiger partial charge in [-0.1, -0.05) is 6.58 Å². The van der Waals surface area contributed by atoms with Crippen LogP contribution in [0, 0.1) is 17.5 Å². The van der Waals surface area contributed by atoms with Gasteiger partial charge in [0.05, 0.1) is 17.0 Å². The first kappa shape index (κ1) is 25.9. The number of carbonyl (C=O) groups excluding carboxylic acids is 2. The van der Waals surface area contributed by atoms with Crippen LogP contribution in [0.5, 0.6) is 0 Å². The molecule has 5 rings (SSSR count). The monoisotopic (exact) mass is 535 g/mol. The second-order valence-corrected chi connectivity index (χ2v) is 9.15. The fourth-order valence-electron chi connectivity index (χ4n) is 4.74. The molecule has 9 nitrogen and oxygen atoms in total. The first-order valence-corrected chi connectivity index (χ1v) is 12.2. The van der Waals surface area contributed by atoms with Crippen LogP contribution in [0.4, 0.5) is 19.0 Å². The first-order valence-electron chi connectivity index (χ1n) is 12.2. The fourth-order valence-corrected chi connectivity index (χ4v) is 4.74. The third kappa shape index (κ3) is 5.05. The Bertz CT molecular complexity index is 1600. The molecule has 12 heteroatoms. The Morgan fingerprint density at radius 1 is 1.13 bits per heavy atom. The van der Waals surface area contributed by atoms with Crippen LogP contribution in [0.1, 0.15) is 34.8 Å². The molecule has 1 aliphatic rings. The molecule has 0 spiro atoms. The van der Waals surface area contributed by atoms with Crippen molar-refractivity contribution in [3.05, 3.63) is 84.0 Å². The maximum absolute atomic E-state index is 14.7. The van der Waals surface area contributed by atoms with Crippen molar-refractivity contribution in [1.82, 2.24) is 30.0 Å². The zero-order valence-corrected chi connectivity index (χ0v) is 20.7. The molecule has 1 atom stereocenters. The number of rotatable bonds is 6. The minimum Gasteiger partial charge on any atom is -0.383 e. The minimum atomic E-state index is -0.897. The zero-order valence-electron chi connectivity index (χ0n) is 20.7. The van der Waals surface area contributed by atoms with Gasteiger partial charge in [0.2, 0.25) is 5.91 Å². The van der Waals surface area contributed by atoms with Crippen molar-refractivity contribution in [1.29, 1.82) is 0 Å². The van der Waals surface area contributed by atoms with Crippen LogP contribution >= 0.6 is 0 Å². The lowest BCUT2D eigenvalue weighted by Crippen LogP contribution is -2.40. The SMILES string of the molecule is C=CC(=O)N1CCCC(n2nc(-c3ccc(F)c(CNC(=O)c4cc(F)ccc4F)c3)c3c(N)ncnc32)C1. The van der Waals surface area contributed by atoms with Crippen LogP contribution in [0.3, 0.4) is 0 Å². The van der Waals surface area contributed by atoms with Gasteiger partial charge in [0.15, 0.2) is 5.65 Å². The van der Waals surface area contributed by atoms with E-state index in [0.717, 1.165) is 31.0 Å². The number of nitrogens with zero attached hydrogens (tertiary/aromatic N) is 5. The fraction of sp³-hybridized carbons (Fsp3) is 0.222. The molecule has 0 saturated carbocycles. The van der Waals surface area contributed by atoms with E-state index in [9.17, 15) is 22.8 Å². The van der Waals surface area contributed by atoms with E-state index in [1.807, 2.05) is 0 Å². The van der Waals surface area contributed by atoms with Crippen LogP contribution in [0.25, 0.3) is 22.3 Å². The molecule has 1 unspecified atom stereocenters. The Balaban J connectivity index is 1.48. The van der Waals surface area contributed by atoms with Crippen molar-refractivity contribution in [2.24, 2.45) is 0 Å². The van der Waals surface area contributed by atoms with Crippen LogP contribution < -0.4 is 11.1 Å². The summed E-state index contributed by atoms with van der Waals surface area (Å²) < 4.78 is 43.9. The number of nitrogen functional groups attached to an aromatic ring is 1. The number of hydrogen-bond donors (Lipinski definition) is 2. The smallest absolute Gasteiger partial charge is 0.254 e. The van der Waals surface area contributed by atoms with Gasteiger partial charge < -0.3 is 16.0 Å². The van der Waals surface area contributed by atoms with E-state index in [2.05, 4.69) is 21.9 Å². The lowest BCUT2D eigenvalue weighted by atomic mass is 10.0. The summed E-state index contributed by atoms with van der Waals surface area (Å²) in [5.41, 5.74) is 7.17. The van der Waals surface area contributed by atoms with Crippen LogP contribution in [-0.4, -0.2) is 49.6 Å². The van der Waals surface area contributed by atoms with E-state index in [0.29, 0.717) is 35.4 Å². The van der Waals surface area contributed by atoms with Crippen LogP contribution in [0.15, 0.2) is 55.4 Å². The average molecular weight is 536 g/mol. The van der Waals surface area contributed by atoms with Gasteiger partial charge in [0.1, 0.15) is 35.3 Å². The number of amides is 2. The highest BCUT2D eigenvalue weighted by Gasteiger charge is 2.28. The summed E-state index contributed by atoms with van der Waals surface area (Å²) in [5.74, 6) is -3.16. The lowest BCUT2D eigenvalue weighted by molar-refractivity contribution is -0.127. The predicted octanol–water partition coefficient (Wildman–Crippen LogP) is 3.77. The molecule has 0 aliphatic carbocycles. The maximum atomic E-state index is 14.7. The highest BCUT2D eigenvalue weighted by Crippen LogP contribution is 2.34. The van der Waals surface area contributed by atoms with Gasteiger partial charge in [0, 0.05) is 30.8 Å². The number of piperidine rings is 1. The Hall–Kier alpha value is -4.74. The Kier molecular flexibility index (Phi) is 7.01. The number of hydrogen-bond acceptors (Lipinski definition) is 6. The van der Waals surface area contributed by atoms with Crippen molar-refractivity contribution in [3.8, 4) is 11.3 Å². The summed E-state index contributed by atoms with van der Waals surface area (Å²) >= 11 is 0. The highest BCUT2D eigenvalue weighted by atomic mass is 19.1. The average Bonchev–Trinajstić information content (AvgIpc) is 3.34. The molecular formula is C27H24F3N7O2. The van der Waals surface area contributed by atoms with Gasteiger partial charge in [-0.25, -0.2) is 27.8 Å². The normalized spacial score (nSPS) is 15.4. The molecule has 39 heavy (non-hydrogen) atoms. The molecule has 4 aromatic rings. The number of fused-ring (bicyclic) bond motifs is 1. The van der Waals surface area contributed by atoms with Gasteiger partial charge >= 0.3 is 0 Å². The van der Waals surface area contributed by atoms with Gasteiger partial charge in [-0.2, -0.15) is 5.10 Å². The molecule has 1 aliphatic heterocycles. The van der Waals surface area contributed by atoms with E-state index in [1.54, 1.807) is 9.58 Å². The van der Waals surface area contributed by atoms with Crippen molar-refractivity contribution in [2.45, 2.75) is 25.4 Å². The maximum Gasteiger partial charge on any atom is 0.254 e. The summed E-state index contributed by atoms with van der Waals surface area (Å²) in [5, 5.41) is 7.66. The molecule has 0 bridgehead atoms. The van der Waals surface area contributed by atoms with Crippen molar-refractivity contribution in [3.63, 3.8) is 0 Å². The molecule has 2 aromatic heterocycles. The summed E-state index contributed by atoms with van der Waals surface area (Å²) in [6.07, 6.45) is 4.11. The van der Waals surface area contributed by atoms with E-state index in [-0.39, 0.29) is 29.9 Å². The Labute approximate surface area is 221 Å². The predicted molar refractivity (Wildman–Crippen MR) is 138 cm³/mol. The Morgan fingerprint density at radius 3 is 2.72 bits per heavy atom. The van der Waals surface area contributed by atoms with Gasteiger partial charge in [-0.05, 0) is 55.3 Å². The number of aromatic nitrogens is 4. The summed E-state index contributed by atoms with van der Waals surface area (Å²) in [6, 6.07) is 6.55. The molecule has 3 heterocycles. The molecule has 2 aromatic carbocycles. The van der Waals surface area contributed by atoms with Gasteiger partial charge in [0.25, 0.3) is 5.91 Å². The van der Waals surface area contributed by atoms with Crippen molar-refractivity contribution >= 4 is 28.7 Å². The third-order valence-electron chi connectivity index (χ3n) is 6.68. The summed E-state index contributed by atoms with van der Waals surface area (Å²) in [4.78, 5) is 34.8. The molecule has 200 valence electrons. The molecule has 1 saturated heterocycles. The Morgan fingerprint density at radius 2 is 1.92 bits per heavy atom.